The molecule has 1 N–H and O–H groups in total. The summed E-state index contributed by atoms with van der Waals surface area (Å²) in [4.78, 5) is 27.6. The molecular weight excluding hydrogens is 316 g/mol. The summed E-state index contributed by atoms with van der Waals surface area (Å²) in [6.45, 7) is 6.73. The Morgan fingerprint density at radius 1 is 1.00 bits per heavy atom. The molecule has 0 radical (unpaired) electrons. The SMILES string of the molecule is CCC(C)c1cc(CN2CCCC2=O)c(O)c(CN2CCCC2=O)c1. The Kier molecular flexibility index (Phi) is 5.30. The van der Waals surface area contributed by atoms with Crippen molar-refractivity contribution >= 4 is 11.8 Å². The minimum absolute atomic E-state index is 0.157. The lowest BCUT2D eigenvalue weighted by Gasteiger charge is -2.23. The van der Waals surface area contributed by atoms with Crippen LogP contribution < -0.4 is 0 Å². The number of carbonyl (C=O) groups excluding carboxylic acids is 2. The van der Waals surface area contributed by atoms with Gasteiger partial charge in [-0.15, -0.1) is 0 Å². The highest BCUT2D eigenvalue weighted by Gasteiger charge is 2.25. The first kappa shape index (κ1) is 17.8. The normalized spacial score (nSPS) is 19.1. The lowest BCUT2D eigenvalue weighted by molar-refractivity contribution is -0.128. The number of rotatable bonds is 6. The molecule has 0 spiro atoms. The predicted molar refractivity (Wildman–Crippen MR) is 96.1 cm³/mol. The van der Waals surface area contributed by atoms with Crippen LogP contribution >= 0.6 is 0 Å². The Balaban J connectivity index is 1.90. The Labute approximate surface area is 149 Å². The molecule has 2 saturated heterocycles. The minimum Gasteiger partial charge on any atom is -0.507 e. The third kappa shape index (κ3) is 3.80. The molecule has 2 aliphatic rings. The quantitative estimate of drug-likeness (QED) is 0.862. The molecule has 0 aliphatic carbocycles. The first-order chi connectivity index (χ1) is 12.0. The number of phenolic OH excluding ortho intramolecular Hbond substituents is 1. The summed E-state index contributed by atoms with van der Waals surface area (Å²) < 4.78 is 0. The molecule has 1 aromatic rings. The van der Waals surface area contributed by atoms with Gasteiger partial charge in [-0.1, -0.05) is 26.0 Å². The molecule has 2 aliphatic heterocycles. The van der Waals surface area contributed by atoms with Gasteiger partial charge < -0.3 is 14.9 Å². The number of nitrogens with zero attached hydrogens (tertiary/aromatic N) is 2. The predicted octanol–water partition coefficient (Wildman–Crippen LogP) is 3.15. The van der Waals surface area contributed by atoms with Crippen molar-refractivity contribution in [2.45, 2.75) is 65.0 Å². The molecule has 1 atom stereocenters. The Hall–Kier alpha value is -2.04. The van der Waals surface area contributed by atoms with E-state index in [1.807, 2.05) is 21.9 Å². The number of amides is 2. The van der Waals surface area contributed by atoms with E-state index in [0.29, 0.717) is 31.8 Å². The molecule has 1 unspecified atom stereocenters. The lowest BCUT2D eigenvalue weighted by Crippen LogP contribution is -2.25. The summed E-state index contributed by atoms with van der Waals surface area (Å²) in [5, 5.41) is 10.8. The third-order valence-corrected chi connectivity index (χ3v) is 5.54. The lowest BCUT2D eigenvalue weighted by atomic mass is 9.93. The first-order valence-electron chi connectivity index (χ1n) is 9.39. The van der Waals surface area contributed by atoms with Gasteiger partial charge in [0.05, 0.1) is 0 Å². The van der Waals surface area contributed by atoms with Gasteiger partial charge >= 0.3 is 0 Å². The number of benzene rings is 1. The van der Waals surface area contributed by atoms with Crippen molar-refractivity contribution < 1.29 is 14.7 Å². The van der Waals surface area contributed by atoms with Gasteiger partial charge in [-0.2, -0.15) is 0 Å². The van der Waals surface area contributed by atoms with Crippen LogP contribution in [-0.4, -0.2) is 39.8 Å². The van der Waals surface area contributed by atoms with Crippen LogP contribution in [0.5, 0.6) is 5.75 Å². The van der Waals surface area contributed by atoms with Crippen LogP contribution in [0.4, 0.5) is 0 Å². The van der Waals surface area contributed by atoms with Crippen molar-refractivity contribution in [2.75, 3.05) is 13.1 Å². The number of phenols is 1. The van der Waals surface area contributed by atoms with E-state index in [1.165, 1.54) is 5.56 Å². The fourth-order valence-corrected chi connectivity index (χ4v) is 3.70. The van der Waals surface area contributed by atoms with Crippen LogP contribution in [0.3, 0.4) is 0 Å². The zero-order chi connectivity index (χ0) is 18.0. The van der Waals surface area contributed by atoms with Crippen LogP contribution in [0.25, 0.3) is 0 Å². The number of aromatic hydroxyl groups is 1. The maximum absolute atomic E-state index is 12.0. The van der Waals surface area contributed by atoms with E-state index < -0.39 is 0 Å². The molecule has 3 rings (SSSR count). The van der Waals surface area contributed by atoms with E-state index in [4.69, 9.17) is 0 Å². The number of hydrogen-bond acceptors (Lipinski definition) is 3. The smallest absolute Gasteiger partial charge is 0.222 e. The maximum Gasteiger partial charge on any atom is 0.222 e. The number of likely N-dealkylation sites (tertiary alicyclic amines) is 2. The van der Waals surface area contributed by atoms with Gasteiger partial charge in [-0.05, 0) is 30.7 Å². The highest BCUT2D eigenvalue weighted by Crippen LogP contribution is 2.32. The summed E-state index contributed by atoms with van der Waals surface area (Å²) in [5.74, 6) is 0.933. The van der Waals surface area contributed by atoms with Crippen molar-refractivity contribution in [3.05, 3.63) is 28.8 Å². The molecule has 25 heavy (non-hydrogen) atoms. The van der Waals surface area contributed by atoms with E-state index in [0.717, 1.165) is 43.5 Å². The van der Waals surface area contributed by atoms with E-state index >= 15 is 0 Å². The molecule has 2 heterocycles. The van der Waals surface area contributed by atoms with Crippen LogP contribution in [0, 0.1) is 0 Å². The molecular formula is C20H28N2O3. The highest BCUT2D eigenvalue weighted by molar-refractivity contribution is 5.78. The second-order valence-corrected chi connectivity index (χ2v) is 7.33. The fourth-order valence-electron chi connectivity index (χ4n) is 3.70. The first-order valence-corrected chi connectivity index (χ1v) is 9.39. The van der Waals surface area contributed by atoms with Gasteiger partial charge in [-0.25, -0.2) is 0 Å². The standard InChI is InChI=1S/C20H28N2O3/c1-3-14(2)15-10-16(12-21-8-4-6-18(21)23)20(25)17(11-15)13-22-9-5-7-19(22)24/h10-11,14,25H,3-9,12-13H2,1-2H3. The van der Waals surface area contributed by atoms with Gasteiger partial charge in [0, 0.05) is 50.1 Å². The van der Waals surface area contributed by atoms with E-state index in [2.05, 4.69) is 13.8 Å². The van der Waals surface area contributed by atoms with Crippen LogP contribution in [0.2, 0.25) is 0 Å². The van der Waals surface area contributed by atoms with E-state index in [1.54, 1.807) is 0 Å². The summed E-state index contributed by atoms with van der Waals surface area (Å²) >= 11 is 0. The molecule has 0 bridgehead atoms. The molecule has 1 aromatic carbocycles. The molecule has 2 fully saturated rings. The zero-order valence-electron chi connectivity index (χ0n) is 15.3. The Morgan fingerprint density at radius 3 is 1.84 bits per heavy atom. The minimum atomic E-state index is 0.157. The maximum atomic E-state index is 12.0. The number of carbonyl (C=O) groups is 2. The van der Waals surface area contributed by atoms with Gasteiger partial charge in [0.2, 0.25) is 11.8 Å². The van der Waals surface area contributed by atoms with Gasteiger partial charge in [0.25, 0.3) is 0 Å². The average molecular weight is 344 g/mol. The van der Waals surface area contributed by atoms with Crippen molar-refractivity contribution in [1.29, 1.82) is 0 Å². The van der Waals surface area contributed by atoms with E-state index in [9.17, 15) is 14.7 Å². The summed E-state index contributed by atoms with van der Waals surface area (Å²) in [7, 11) is 0. The highest BCUT2D eigenvalue weighted by atomic mass is 16.3. The average Bonchev–Trinajstić information content (AvgIpc) is 3.19. The second-order valence-electron chi connectivity index (χ2n) is 7.33. The number of hydrogen-bond donors (Lipinski definition) is 1. The van der Waals surface area contributed by atoms with Crippen molar-refractivity contribution in [3.63, 3.8) is 0 Å². The molecule has 5 heteroatoms. The third-order valence-electron chi connectivity index (χ3n) is 5.54. The monoisotopic (exact) mass is 344 g/mol. The Bertz CT molecular complexity index is 622. The molecule has 5 nitrogen and oxygen atoms in total. The Morgan fingerprint density at radius 2 is 1.48 bits per heavy atom. The summed E-state index contributed by atoms with van der Waals surface area (Å²) in [6, 6.07) is 4.06. The zero-order valence-corrected chi connectivity index (χ0v) is 15.3. The molecule has 2 amide bonds. The van der Waals surface area contributed by atoms with Crippen molar-refractivity contribution in [3.8, 4) is 5.75 Å². The van der Waals surface area contributed by atoms with Gasteiger partial charge in [-0.3, -0.25) is 9.59 Å². The molecule has 0 aromatic heterocycles. The van der Waals surface area contributed by atoms with Gasteiger partial charge in [0.15, 0.2) is 0 Å². The second kappa shape index (κ2) is 7.46. The van der Waals surface area contributed by atoms with Crippen LogP contribution in [0.15, 0.2) is 12.1 Å². The largest absolute Gasteiger partial charge is 0.507 e. The van der Waals surface area contributed by atoms with Crippen LogP contribution in [0.1, 0.15) is 68.6 Å². The summed E-state index contributed by atoms with van der Waals surface area (Å²) in [5.41, 5.74) is 2.77. The van der Waals surface area contributed by atoms with Crippen molar-refractivity contribution in [1.82, 2.24) is 9.80 Å². The fraction of sp³-hybridized carbons (Fsp3) is 0.600. The van der Waals surface area contributed by atoms with Crippen molar-refractivity contribution in [2.24, 2.45) is 0 Å². The van der Waals surface area contributed by atoms with Gasteiger partial charge in [0.1, 0.15) is 5.75 Å². The topological polar surface area (TPSA) is 60.9 Å². The van der Waals surface area contributed by atoms with E-state index in [-0.39, 0.29) is 17.6 Å². The molecule has 136 valence electrons. The summed E-state index contributed by atoms with van der Waals surface area (Å²) in [6.07, 6.45) is 3.98. The van der Waals surface area contributed by atoms with Crippen LogP contribution in [-0.2, 0) is 22.7 Å². The molecule has 0 saturated carbocycles.